The molecule has 0 radical (unpaired) electrons. The number of benzene rings is 1. The average molecular weight is 394 g/mol. The fraction of sp³-hybridized carbons (Fsp3) is 0.682. The summed E-state index contributed by atoms with van der Waals surface area (Å²) in [6, 6.07) is 7.33. The molecule has 2 atom stereocenters. The van der Waals surface area contributed by atoms with E-state index in [1.54, 1.807) is 12.1 Å². The van der Waals surface area contributed by atoms with Gasteiger partial charge >= 0.3 is 5.97 Å². The van der Waals surface area contributed by atoms with Crippen LogP contribution in [0.3, 0.4) is 0 Å². The predicted molar refractivity (Wildman–Crippen MR) is 103 cm³/mol. The summed E-state index contributed by atoms with van der Waals surface area (Å²) in [5, 5.41) is 0. The van der Waals surface area contributed by atoms with E-state index < -0.39 is 17.9 Å². The Labute approximate surface area is 166 Å². The van der Waals surface area contributed by atoms with Crippen LogP contribution >= 0.6 is 0 Å². The number of carbonyl (C=O) groups is 1. The molecular formula is C22H31FO5. The summed E-state index contributed by atoms with van der Waals surface area (Å²) in [6.45, 7) is 4.59. The Morgan fingerprint density at radius 1 is 1.11 bits per heavy atom. The van der Waals surface area contributed by atoms with Gasteiger partial charge in [0, 0.05) is 0 Å². The molecule has 6 heteroatoms. The van der Waals surface area contributed by atoms with Crippen LogP contribution in [0.1, 0.15) is 64.0 Å². The van der Waals surface area contributed by atoms with Crippen molar-refractivity contribution in [1.29, 1.82) is 0 Å². The van der Waals surface area contributed by atoms with Crippen LogP contribution in [0.2, 0.25) is 0 Å². The Balaban J connectivity index is 1.47. The van der Waals surface area contributed by atoms with Crippen molar-refractivity contribution in [3.8, 4) is 5.75 Å². The minimum absolute atomic E-state index is 0.0964. The molecule has 0 spiro atoms. The third kappa shape index (κ3) is 5.52. The SMILES string of the molecule is CCCC1CCC(c2ccc(OC(=O)C3OCC(F)(CCC)CO3)cc2)OC1. The van der Waals surface area contributed by atoms with Crippen molar-refractivity contribution in [2.75, 3.05) is 19.8 Å². The number of ether oxygens (including phenoxy) is 4. The van der Waals surface area contributed by atoms with E-state index in [9.17, 15) is 9.18 Å². The van der Waals surface area contributed by atoms with Crippen molar-refractivity contribution >= 4 is 5.97 Å². The normalized spacial score (nSPS) is 30.8. The molecule has 0 aliphatic carbocycles. The minimum atomic E-state index is -1.52. The summed E-state index contributed by atoms with van der Waals surface area (Å²) >= 11 is 0. The van der Waals surface area contributed by atoms with E-state index in [4.69, 9.17) is 18.9 Å². The van der Waals surface area contributed by atoms with Crippen molar-refractivity contribution in [1.82, 2.24) is 0 Å². The number of halogens is 1. The van der Waals surface area contributed by atoms with Crippen LogP contribution in [-0.2, 0) is 19.0 Å². The van der Waals surface area contributed by atoms with Crippen LogP contribution in [-0.4, -0.2) is 37.7 Å². The Bertz CT molecular complexity index is 616. The molecule has 3 rings (SSSR count). The summed E-state index contributed by atoms with van der Waals surface area (Å²) in [7, 11) is 0. The molecule has 2 saturated heterocycles. The first-order chi connectivity index (χ1) is 13.5. The molecule has 1 aromatic carbocycles. The molecule has 5 nitrogen and oxygen atoms in total. The van der Waals surface area contributed by atoms with Gasteiger partial charge in [-0.05, 0) is 49.3 Å². The third-order valence-corrected chi connectivity index (χ3v) is 5.41. The molecular weight excluding hydrogens is 363 g/mol. The second-order valence-corrected chi connectivity index (χ2v) is 7.90. The van der Waals surface area contributed by atoms with Crippen molar-refractivity contribution < 1.29 is 28.1 Å². The van der Waals surface area contributed by atoms with Crippen molar-refractivity contribution in [2.45, 2.75) is 70.4 Å². The van der Waals surface area contributed by atoms with Crippen molar-refractivity contribution in [3.63, 3.8) is 0 Å². The number of alkyl halides is 1. The first-order valence-electron chi connectivity index (χ1n) is 10.4. The monoisotopic (exact) mass is 394 g/mol. The lowest BCUT2D eigenvalue weighted by Crippen LogP contribution is -2.47. The largest absolute Gasteiger partial charge is 0.423 e. The van der Waals surface area contributed by atoms with Crippen LogP contribution in [0.15, 0.2) is 24.3 Å². The molecule has 2 fully saturated rings. The lowest BCUT2D eigenvalue weighted by Gasteiger charge is -2.32. The van der Waals surface area contributed by atoms with Gasteiger partial charge in [-0.2, -0.15) is 0 Å². The van der Waals surface area contributed by atoms with Crippen LogP contribution < -0.4 is 4.74 Å². The summed E-state index contributed by atoms with van der Waals surface area (Å²) in [5.74, 6) is 0.409. The topological polar surface area (TPSA) is 54.0 Å². The van der Waals surface area contributed by atoms with E-state index in [1.807, 2.05) is 19.1 Å². The summed E-state index contributed by atoms with van der Waals surface area (Å²) in [6.07, 6.45) is 4.55. The molecule has 156 valence electrons. The van der Waals surface area contributed by atoms with E-state index in [0.29, 0.717) is 24.5 Å². The second-order valence-electron chi connectivity index (χ2n) is 7.90. The third-order valence-electron chi connectivity index (χ3n) is 5.41. The highest BCUT2D eigenvalue weighted by Gasteiger charge is 2.39. The van der Waals surface area contributed by atoms with Gasteiger partial charge in [-0.3, -0.25) is 0 Å². The number of esters is 1. The number of hydrogen-bond donors (Lipinski definition) is 0. The molecule has 0 N–H and O–H groups in total. The van der Waals surface area contributed by atoms with E-state index in [1.165, 1.54) is 19.3 Å². The predicted octanol–water partition coefficient (Wildman–Crippen LogP) is 4.74. The van der Waals surface area contributed by atoms with Gasteiger partial charge in [-0.15, -0.1) is 0 Å². The first-order valence-corrected chi connectivity index (χ1v) is 10.4. The molecule has 2 aliphatic rings. The lowest BCUT2D eigenvalue weighted by atomic mass is 9.92. The van der Waals surface area contributed by atoms with Gasteiger partial charge in [0.2, 0.25) is 0 Å². The molecule has 28 heavy (non-hydrogen) atoms. The fourth-order valence-corrected chi connectivity index (χ4v) is 3.89. The van der Waals surface area contributed by atoms with Gasteiger partial charge in [0.15, 0.2) is 5.67 Å². The Morgan fingerprint density at radius 3 is 2.39 bits per heavy atom. The zero-order valence-corrected chi connectivity index (χ0v) is 16.8. The molecule has 2 unspecified atom stereocenters. The zero-order chi connectivity index (χ0) is 20.0. The van der Waals surface area contributed by atoms with E-state index in [-0.39, 0.29) is 19.3 Å². The fourth-order valence-electron chi connectivity index (χ4n) is 3.89. The molecule has 0 amide bonds. The lowest BCUT2D eigenvalue weighted by molar-refractivity contribution is -0.237. The Hall–Kier alpha value is -1.50. The van der Waals surface area contributed by atoms with Crippen LogP contribution in [0.4, 0.5) is 4.39 Å². The second kappa shape index (κ2) is 9.81. The highest BCUT2D eigenvalue weighted by molar-refractivity contribution is 5.76. The number of rotatable bonds is 7. The minimum Gasteiger partial charge on any atom is -0.423 e. The molecule has 2 aliphatic heterocycles. The zero-order valence-electron chi connectivity index (χ0n) is 16.8. The van der Waals surface area contributed by atoms with Crippen LogP contribution in [0.25, 0.3) is 0 Å². The van der Waals surface area contributed by atoms with Gasteiger partial charge in [-0.1, -0.05) is 38.8 Å². The van der Waals surface area contributed by atoms with Gasteiger partial charge in [-0.25, -0.2) is 9.18 Å². The quantitative estimate of drug-likeness (QED) is 0.494. The van der Waals surface area contributed by atoms with Crippen LogP contribution in [0, 0.1) is 5.92 Å². The summed E-state index contributed by atoms with van der Waals surface area (Å²) in [4.78, 5) is 12.2. The molecule has 0 saturated carbocycles. The standard InChI is InChI=1S/C22H31FO5/c1-3-5-16-6-11-19(25-13-16)17-7-9-18(10-8-17)28-20(24)21-26-14-22(23,12-4-2)15-27-21/h7-10,16,19,21H,3-6,11-15H2,1-2H3. The van der Waals surface area contributed by atoms with Gasteiger partial charge in [0.1, 0.15) is 5.75 Å². The molecule has 0 aromatic heterocycles. The van der Waals surface area contributed by atoms with Gasteiger partial charge < -0.3 is 18.9 Å². The van der Waals surface area contributed by atoms with Crippen molar-refractivity contribution in [3.05, 3.63) is 29.8 Å². The highest BCUT2D eigenvalue weighted by atomic mass is 19.1. The highest BCUT2D eigenvalue weighted by Crippen LogP contribution is 2.33. The molecule has 0 bridgehead atoms. The Kier molecular flexibility index (Phi) is 7.43. The number of carbonyl (C=O) groups excluding carboxylic acids is 1. The van der Waals surface area contributed by atoms with Gasteiger partial charge in [0.25, 0.3) is 6.29 Å². The summed E-state index contributed by atoms with van der Waals surface area (Å²) in [5.41, 5.74) is -0.440. The average Bonchev–Trinajstić information content (AvgIpc) is 2.70. The first kappa shape index (κ1) is 21.2. The number of hydrogen-bond acceptors (Lipinski definition) is 5. The maximum atomic E-state index is 14.3. The smallest absolute Gasteiger partial charge is 0.368 e. The van der Waals surface area contributed by atoms with E-state index >= 15 is 0 Å². The maximum absolute atomic E-state index is 14.3. The van der Waals surface area contributed by atoms with Gasteiger partial charge in [0.05, 0.1) is 25.9 Å². The molecule has 1 aromatic rings. The van der Waals surface area contributed by atoms with Crippen LogP contribution in [0.5, 0.6) is 5.75 Å². The van der Waals surface area contributed by atoms with E-state index in [0.717, 1.165) is 18.6 Å². The Morgan fingerprint density at radius 2 is 1.82 bits per heavy atom. The van der Waals surface area contributed by atoms with Crippen molar-refractivity contribution in [2.24, 2.45) is 5.92 Å². The van der Waals surface area contributed by atoms with E-state index in [2.05, 4.69) is 6.92 Å². The molecule has 2 heterocycles. The maximum Gasteiger partial charge on any atom is 0.368 e. The summed E-state index contributed by atoms with van der Waals surface area (Å²) < 4.78 is 36.1.